The van der Waals surface area contributed by atoms with E-state index in [1.54, 1.807) is 11.8 Å². The van der Waals surface area contributed by atoms with Gasteiger partial charge in [-0.05, 0) is 36.6 Å². The van der Waals surface area contributed by atoms with E-state index in [2.05, 4.69) is 19.2 Å². The van der Waals surface area contributed by atoms with E-state index in [0.29, 0.717) is 43.3 Å². The molecule has 0 saturated carbocycles. The monoisotopic (exact) mass is 458 g/mol. The van der Waals surface area contributed by atoms with Crippen molar-refractivity contribution < 1.29 is 14.5 Å². The van der Waals surface area contributed by atoms with Gasteiger partial charge in [0, 0.05) is 43.9 Å². The van der Waals surface area contributed by atoms with E-state index >= 15 is 0 Å². The standard InChI is InChI=1S/C23H27ClN4O4/c1-15(2)17-4-6-18(7-5-17)23(30)27-12-10-26(11-13-27)16(3)22(29)25-21-9-8-19(28(31)32)14-20(21)24/h4-9,14-16H,10-13H2,1-3H3,(H,25,29). The number of nitro benzene ring substituents is 1. The van der Waals surface area contributed by atoms with Gasteiger partial charge in [-0.25, -0.2) is 0 Å². The maximum absolute atomic E-state index is 12.8. The molecule has 1 aliphatic rings. The Balaban J connectivity index is 1.55. The Morgan fingerprint density at radius 3 is 2.19 bits per heavy atom. The number of hydrogen-bond acceptors (Lipinski definition) is 5. The first-order valence-electron chi connectivity index (χ1n) is 10.6. The molecule has 1 saturated heterocycles. The Labute approximate surface area is 192 Å². The molecule has 1 fully saturated rings. The maximum Gasteiger partial charge on any atom is 0.271 e. The first-order valence-corrected chi connectivity index (χ1v) is 10.9. The Bertz CT molecular complexity index is 1000. The number of amides is 2. The largest absolute Gasteiger partial charge is 0.336 e. The van der Waals surface area contributed by atoms with Crippen LogP contribution in [-0.2, 0) is 4.79 Å². The van der Waals surface area contributed by atoms with Crippen molar-refractivity contribution in [2.45, 2.75) is 32.7 Å². The number of halogens is 1. The van der Waals surface area contributed by atoms with Gasteiger partial charge in [0.1, 0.15) is 0 Å². The first kappa shape index (κ1) is 23.7. The summed E-state index contributed by atoms with van der Waals surface area (Å²) in [7, 11) is 0. The smallest absolute Gasteiger partial charge is 0.271 e. The van der Waals surface area contributed by atoms with Crippen LogP contribution in [0.2, 0.25) is 5.02 Å². The zero-order valence-electron chi connectivity index (χ0n) is 18.4. The number of nitrogens with one attached hydrogen (secondary N) is 1. The van der Waals surface area contributed by atoms with Crippen LogP contribution in [0.3, 0.4) is 0 Å². The van der Waals surface area contributed by atoms with Crippen molar-refractivity contribution in [3.8, 4) is 0 Å². The number of piperazine rings is 1. The second-order valence-corrected chi connectivity index (χ2v) is 8.60. The molecule has 8 nitrogen and oxygen atoms in total. The minimum atomic E-state index is -0.542. The van der Waals surface area contributed by atoms with Crippen LogP contribution in [0.25, 0.3) is 0 Å². The molecule has 0 radical (unpaired) electrons. The molecule has 2 amide bonds. The third-order valence-corrected chi connectivity index (χ3v) is 6.09. The Kier molecular flexibility index (Phi) is 7.48. The lowest BCUT2D eigenvalue weighted by Crippen LogP contribution is -2.54. The Morgan fingerprint density at radius 2 is 1.66 bits per heavy atom. The molecule has 1 unspecified atom stereocenters. The summed E-state index contributed by atoms with van der Waals surface area (Å²) in [5.74, 6) is 0.149. The van der Waals surface area contributed by atoms with Crippen molar-refractivity contribution in [1.82, 2.24) is 9.80 Å². The topological polar surface area (TPSA) is 95.8 Å². The average molecular weight is 459 g/mol. The number of rotatable bonds is 6. The number of benzene rings is 2. The first-order chi connectivity index (χ1) is 15.2. The third-order valence-electron chi connectivity index (χ3n) is 5.77. The quantitative estimate of drug-likeness (QED) is 0.518. The lowest BCUT2D eigenvalue weighted by molar-refractivity contribution is -0.384. The number of anilines is 1. The predicted octanol–water partition coefficient (Wildman–Crippen LogP) is 4.16. The summed E-state index contributed by atoms with van der Waals surface area (Å²) in [5, 5.41) is 13.7. The number of carbonyl (C=O) groups is 2. The highest BCUT2D eigenvalue weighted by Gasteiger charge is 2.28. The van der Waals surface area contributed by atoms with Crippen molar-refractivity contribution in [3.05, 3.63) is 68.7 Å². The van der Waals surface area contributed by atoms with Crippen molar-refractivity contribution in [1.29, 1.82) is 0 Å². The molecular formula is C23H27ClN4O4. The van der Waals surface area contributed by atoms with Gasteiger partial charge in [0.25, 0.3) is 11.6 Å². The van der Waals surface area contributed by atoms with E-state index < -0.39 is 11.0 Å². The van der Waals surface area contributed by atoms with Crippen molar-refractivity contribution >= 4 is 34.8 Å². The summed E-state index contributed by atoms with van der Waals surface area (Å²) in [4.78, 5) is 39.6. The van der Waals surface area contributed by atoms with Crippen LogP contribution in [0.5, 0.6) is 0 Å². The summed E-state index contributed by atoms with van der Waals surface area (Å²) in [6.45, 7) is 8.21. The molecule has 1 N–H and O–H groups in total. The summed E-state index contributed by atoms with van der Waals surface area (Å²) in [5.41, 5.74) is 2.05. The van der Waals surface area contributed by atoms with Gasteiger partial charge in [-0.15, -0.1) is 0 Å². The number of non-ortho nitro benzene ring substituents is 1. The minimum Gasteiger partial charge on any atom is -0.336 e. The third kappa shape index (κ3) is 5.44. The number of nitrogens with zero attached hydrogens (tertiary/aromatic N) is 3. The van der Waals surface area contributed by atoms with Gasteiger partial charge < -0.3 is 10.2 Å². The van der Waals surface area contributed by atoms with Crippen molar-refractivity contribution in [2.75, 3.05) is 31.5 Å². The van der Waals surface area contributed by atoms with E-state index in [1.807, 2.05) is 29.2 Å². The molecule has 0 bridgehead atoms. The van der Waals surface area contributed by atoms with Crippen LogP contribution in [0, 0.1) is 10.1 Å². The van der Waals surface area contributed by atoms with Gasteiger partial charge in [0.2, 0.25) is 5.91 Å². The molecule has 1 heterocycles. The van der Waals surface area contributed by atoms with Gasteiger partial charge in [-0.3, -0.25) is 24.6 Å². The van der Waals surface area contributed by atoms with Crippen LogP contribution in [0.15, 0.2) is 42.5 Å². The number of carbonyl (C=O) groups excluding carboxylic acids is 2. The highest BCUT2D eigenvalue weighted by Crippen LogP contribution is 2.27. The van der Waals surface area contributed by atoms with Crippen LogP contribution in [0.1, 0.15) is 42.6 Å². The second-order valence-electron chi connectivity index (χ2n) is 8.19. The molecule has 9 heteroatoms. The van der Waals surface area contributed by atoms with Crippen LogP contribution >= 0.6 is 11.6 Å². The summed E-state index contributed by atoms with van der Waals surface area (Å²) in [6.07, 6.45) is 0. The fourth-order valence-corrected chi connectivity index (χ4v) is 3.85. The van der Waals surface area contributed by atoms with Gasteiger partial charge >= 0.3 is 0 Å². The van der Waals surface area contributed by atoms with E-state index in [-0.39, 0.29) is 22.5 Å². The zero-order chi connectivity index (χ0) is 23.4. The Morgan fingerprint density at radius 1 is 1.03 bits per heavy atom. The number of nitro groups is 1. The van der Waals surface area contributed by atoms with Gasteiger partial charge in [-0.1, -0.05) is 37.6 Å². The zero-order valence-corrected chi connectivity index (χ0v) is 19.1. The molecular weight excluding hydrogens is 432 g/mol. The molecule has 32 heavy (non-hydrogen) atoms. The lowest BCUT2D eigenvalue weighted by atomic mass is 10.0. The SMILES string of the molecule is CC(C)c1ccc(C(=O)N2CCN(C(C)C(=O)Nc3ccc([N+](=O)[O-])cc3Cl)CC2)cc1. The lowest BCUT2D eigenvalue weighted by Gasteiger charge is -2.37. The fraction of sp³-hybridized carbons (Fsp3) is 0.391. The number of hydrogen-bond donors (Lipinski definition) is 1. The normalized spacial score (nSPS) is 15.5. The second kappa shape index (κ2) is 10.1. The molecule has 2 aromatic carbocycles. The van der Waals surface area contributed by atoms with Crippen LogP contribution in [0.4, 0.5) is 11.4 Å². The summed E-state index contributed by atoms with van der Waals surface area (Å²) < 4.78 is 0. The molecule has 1 aliphatic heterocycles. The Hall–Kier alpha value is -2.97. The van der Waals surface area contributed by atoms with E-state index in [1.165, 1.54) is 23.8 Å². The average Bonchev–Trinajstić information content (AvgIpc) is 2.79. The molecule has 1 atom stereocenters. The molecule has 0 spiro atoms. The molecule has 2 aromatic rings. The minimum absolute atomic E-state index is 0.00489. The van der Waals surface area contributed by atoms with Gasteiger partial charge in [-0.2, -0.15) is 0 Å². The molecule has 3 rings (SSSR count). The van der Waals surface area contributed by atoms with Crippen molar-refractivity contribution in [2.24, 2.45) is 0 Å². The fourth-order valence-electron chi connectivity index (χ4n) is 3.63. The predicted molar refractivity (Wildman–Crippen MR) is 124 cm³/mol. The molecule has 170 valence electrons. The van der Waals surface area contributed by atoms with Crippen LogP contribution in [-0.4, -0.2) is 58.8 Å². The molecule has 0 aromatic heterocycles. The molecule has 0 aliphatic carbocycles. The highest BCUT2D eigenvalue weighted by molar-refractivity contribution is 6.34. The van der Waals surface area contributed by atoms with E-state index in [0.717, 1.165) is 0 Å². The van der Waals surface area contributed by atoms with Crippen LogP contribution < -0.4 is 5.32 Å². The summed E-state index contributed by atoms with van der Waals surface area (Å²) in [6, 6.07) is 11.2. The summed E-state index contributed by atoms with van der Waals surface area (Å²) >= 11 is 6.07. The van der Waals surface area contributed by atoms with Gasteiger partial charge in [0.05, 0.1) is 21.7 Å². The van der Waals surface area contributed by atoms with E-state index in [9.17, 15) is 19.7 Å². The van der Waals surface area contributed by atoms with E-state index in [4.69, 9.17) is 11.6 Å². The maximum atomic E-state index is 12.8. The highest BCUT2D eigenvalue weighted by atomic mass is 35.5. The van der Waals surface area contributed by atoms with Crippen molar-refractivity contribution in [3.63, 3.8) is 0 Å². The van der Waals surface area contributed by atoms with Gasteiger partial charge in [0.15, 0.2) is 0 Å².